The van der Waals surface area contributed by atoms with E-state index in [1.165, 1.54) is 47.9 Å². The van der Waals surface area contributed by atoms with Gasteiger partial charge < -0.3 is 19.1 Å². The van der Waals surface area contributed by atoms with Gasteiger partial charge in [0.25, 0.3) is 0 Å². The number of fused-ring (bicyclic) bond motifs is 2. The first-order valence-electron chi connectivity index (χ1n) is 20.6. The Kier molecular flexibility index (Phi) is 12.7. The van der Waals surface area contributed by atoms with Crippen molar-refractivity contribution in [3.8, 4) is 11.1 Å². The monoisotopic (exact) mass is 826 g/mol. The lowest BCUT2D eigenvalue weighted by Crippen LogP contribution is -2.41. The first-order chi connectivity index (χ1) is 26.6. The van der Waals surface area contributed by atoms with Crippen LogP contribution in [0, 0.1) is 0 Å². The maximum Gasteiger partial charge on any atom is 0.498 e. The molecule has 2 aliphatic carbocycles. The highest BCUT2D eigenvalue weighted by atomic mass is 79.9. The van der Waals surface area contributed by atoms with Crippen LogP contribution in [0.1, 0.15) is 131 Å². The third-order valence-electron chi connectivity index (χ3n) is 11.8. The zero-order valence-electron chi connectivity index (χ0n) is 35.0. The van der Waals surface area contributed by atoms with Gasteiger partial charge in [-0.15, -0.1) is 0 Å². The molecule has 2 amide bonds. The van der Waals surface area contributed by atoms with Crippen molar-refractivity contribution in [2.45, 2.75) is 156 Å². The van der Waals surface area contributed by atoms with Gasteiger partial charge in [0.1, 0.15) is 0 Å². The first-order valence-corrected chi connectivity index (χ1v) is 21.4. The van der Waals surface area contributed by atoms with E-state index in [0.29, 0.717) is 18.1 Å². The summed E-state index contributed by atoms with van der Waals surface area (Å²) in [7, 11) is -0.285. The van der Waals surface area contributed by atoms with Crippen LogP contribution in [-0.2, 0) is 31.7 Å². The summed E-state index contributed by atoms with van der Waals surface area (Å²) in [5, 5.41) is 8.85. The smallest absolute Gasteiger partial charge is 0.399 e. The highest BCUT2D eigenvalue weighted by molar-refractivity contribution is 9.10. The summed E-state index contributed by atoms with van der Waals surface area (Å²) in [4.78, 5) is 27.3. The Hall–Kier alpha value is -3.74. The number of carbonyl (C=O) groups is 2. The lowest BCUT2D eigenvalue weighted by molar-refractivity contribution is -0.117. The van der Waals surface area contributed by atoms with Gasteiger partial charge in [0.2, 0.25) is 11.8 Å². The molecule has 1 saturated heterocycles. The predicted molar refractivity (Wildman–Crippen MR) is 230 cm³/mol. The standard InChI is InChI=1S/C18H21N3O.C12H19BN2O2.C12H14BrNO.C2H6/c1-12-3-4-15-9-14(5-8-18(15)21(12)13(2)22)16-10-19-20(11-16)17-6-7-17;1-11(2)12(3,4)17-13(16-11)9-7-14-15(8-9)10-5-6-10;1-8-3-4-10-7-11(13)5-6-12(10)14(8)9(2)15;1-2/h5,8-12,17H,3-4,6-7H2,1-2H3;7-8,10H,5-6H2,1-4H3;5-8H,3-4H2,1-2H3;1-2H3/t12-;;8-;/m0.0./s1. The fourth-order valence-corrected chi connectivity index (χ4v) is 8.04. The Morgan fingerprint density at radius 1 is 0.696 bits per heavy atom. The summed E-state index contributed by atoms with van der Waals surface area (Å²) in [6, 6.07) is 14.4. The lowest BCUT2D eigenvalue weighted by atomic mass is 9.82. The summed E-state index contributed by atoms with van der Waals surface area (Å²) in [5.74, 6) is 0.258. The number of amides is 2. The van der Waals surface area contributed by atoms with Gasteiger partial charge in [0, 0.05) is 71.4 Å². The second-order valence-corrected chi connectivity index (χ2v) is 17.6. The highest BCUT2D eigenvalue weighted by Gasteiger charge is 2.52. The molecule has 0 N–H and O–H groups in total. The van der Waals surface area contributed by atoms with Gasteiger partial charge >= 0.3 is 7.12 Å². The van der Waals surface area contributed by atoms with Crippen molar-refractivity contribution < 1.29 is 18.9 Å². The molecule has 0 unspecified atom stereocenters. The van der Waals surface area contributed by atoms with Crippen molar-refractivity contribution in [1.29, 1.82) is 0 Å². The molecule has 300 valence electrons. The molecule has 3 fully saturated rings. The van der Waals surface area contributed by atoms with E-state index in [4.69, 9.17) is 9.31 Å². The number of halogens is 1. The molecule has 2 atom stereocenters. The number of hydrogen-bond acceptors (Lipinski definition) is 6. The molecule has 5 heterocycles. The molecular weight excluding hydrogens is 767 g/mol. The summed E-state index contributed by atoms with van der Waals surface area (Å²) in [5.41, 5.74) is 7.51. The van der Waals surface area contributed by atoms with E-state index in [9.17, 15) is 9.59 Å². The average Bonchev–Trinajstić information content (AvgIpc) is 4.07. The number of anilines is 2. The molecule has 2 saturated carbocycles. The van der Waals surface area contributed by atoms with Gasteiger partial charge in [0.05, 0.1) is 29.5 Å². The average molecular weight is 828 g/mol. The van der Waals surface area contributed by atoms with Crippen LogP contribution in [-0.4, -0.2) is 61.8 Å². The molecule has 0 bridgehead atoms. The van der Waals surface area contributed by atoms with E-state index in [-0.39, 0.29) is 36.2 Å². The summed E-state index contributed by atoms with van der Waals surface area (Å²) < 4.78 is 17.2. The molecule has 9 rings (SSSR count). The quantitative estimate of drug-likeness (QED) is 0.191. The Balaban J connectivity index is 0.000000142. The van der Waals surface area contributed by atoms with Crippen LogP contribution in [0.3, 0.4) is 0 Å². The number of aromatic nitrogens is 4. The molecule has 5 aliphatic rings. The van der Waals surface area contributed by atoms with E-state index in [1.54, 1.807) is 13.8 Å². The van der Waals surface area contributed by atoms with Crippen molar-refractivity contribution in [3.63, 3.8) is 0 Å². The largest absolute Gasteiger partial charge is 0.498 e. The minimum absolute atomic E-state index is 0.128. The summed E-state index contributed by atoms with van der Waals surface area (Å²) in [6.07, 6.45) is 17.1. The molecule has 56 heavy (non-hydrogen) atoms. The third kappa shape index (κ3) is 9.18. The number of carbonyl (C=O) groups excluding carboxylic acids is 2. The summed E-state index contributed by atoms with van der Waals surface area (Å²) in [6.45, 7) is 19.8. The second-order valence-electron chi connectivity index (χ2n) is 16.7. The van der Waals surface area contributed by atoms with Gasteiger partial charge in [-0.2, -0.15) is 10.2 Å². The molecule has 2 aromatic carbocycles. The number of hydrogen-bond donors (Lipinski definition) is 0. The van der Waals surface area contributed by atoms with Gasteiger partial charge in [-0.25, -0.2) is 0 Å². The predicted octanol–water partition coefficient (Wildman–Crippen LogP) is 9.25. The van der Waals surface area contributed by atoms with Crippen molar-refractivity contribution in [1.82, 2.24) is 19.6 Å². The van der Waals surface area contributed by atoms with Gasteiger partial charge in [-0.3, -0.25) is 19.0 Å². The van der Waals surface area contributed by atoms with Crippen LogP contribution >= 0.6 is 15.9 Å². The minimum Gasteiger partial charge on any atom is -0.399 e. The number of benzene rings is 2. The van der Waals surface area contributed by atoms with E-state index < -0.39 is 0 Å². The second kappa shape index (κ2) is 17.0. The maximum atomic E-state index is 11.9. The third-order valence-corrected chi connectivity index (χ3v) is 12.3. The number of rotatable bonds is 4. The van der Waals surface area contributed by atoms with Crippen LogP contribution < -0.4 is 15.3 Å². The van der Waals surface area contributed by atoms with Crippen molar-refractivity contribution in [2.75, 3.05) is 9.80 Å². The molecule has 3 aliphatic heterocycles. The Bertz CT molecular complexity index is 2000. The van der Waals surface area contributed by atoms with Crippen LogP contribution in [0.15, 0.2) is 65.7 Å². The SMILES string of the molecule is CC.CC(=O)N1c2ccc(-c3cnn(C4CC4)c3)cc2CC[C@@H]1C.CC(=O)N1c2ccc(Br)cc2CC[C@@H]1C.CC1(C)OB(c2cnn(C3CC3)c2)OC1(C)C. The molecule has 10 nitrogen and oxygen atoms in total. The van der Waals surface area contributed by atoms with Crippen LogP contribution in [0.4, 0.5) is 11.4 Å². The molecule has 0 spiro atoms. The van der Waals surface area contributed by atoms with E-state index >= 15 is 0 Å². The van der Waals surface area contributed by atoms with E-state index in [1.807, 2.05) is 52.9 Å². The molecule has 4 aromatic rings. The number of nitrogens with zero attached hydrogens (tertiary/aromatic N) is 6. The van der Waals surface area contributed by atoms with Crippen molar-refractivity contribution in [3.05, 3.63) is 76.8 Å². The highest BCUT2D eigenvalue weighted by Crippen LogP contribution is 2.39. The number of aryl methyl sites for hydroxylation is 2. The van der Waals surface area contributed by atoms with Crippen LogP contribution in [0.5, 0.6) is 0 Å². The Morgan fingerprint density at radius 2 is 1.18 bits per heavy atom. The van der Waals surface area contributed by atoms with Crippen molar-refractivity contribution in [2.24, 2.45) is 0 Å². The molecule has 12 heteroatoms. The minimum atomic E-state index is -0.285. The van der Waals surface area contributed by atoms with E-state index in [0.717, 1.165) is 47.0 Å². The zero-order chi connectivity index (χ0) is 40.5. The maximum absolute atomic E-state index is 11.9. The summed E-state index contributed by atoms with van der Waals surface area (Å²) >= 11 is 3.46. The fourth-order valence-electron chi connectivity index (χ4n) is 7.63. The lowest BCUT2D eigenvalue weighted by Gasteiger charge is -2.34. The molecule has 2 aromatic heterocycles. The fraction of sp³-hybridized carbons (Fsp3) is 0.545. The van der Waals surface area contributed by atoms with Crippen LogP contribution in [0.2, 0.25) is 0 Å². The Morgan fingerprint density at radius 3 is 1.70 bits per heavy atom. The van der Waals surface area contributed by atoms with Gasteiger partial charge in [-0.1, -0.05) is 35.8 Å². The van der Waals surface area contributed by atoms with Crippen LogP contribution in [0.25, 0.3) is 11.1 Å². The first kappa shape index (κ1) is 41.9. The Labute approximate surface area is 342 Å². The van der Waals surface area contributed by atoms with Gasteiger partial charge in [-0.05, 0) is 140 Å². The normalized spacial score (nSPS) is 21.7. The van der Waals surface area contributed by atoms with Crippen molar-refractivity contribution >= 4 is 51.7 Å². The molecule has 0 radical (unpaired) electrons. The molecular formula is C44H60BBrN6O4. The van der Waals surface area contributed by atoms with Gasteiger partial charge in [0.15, 0.2) is 0 Å². The topological polar surface area (TPSA) is 94.7 Å². The van der Waals surface area contributed by atoms with E-state index in [2.05, 4.69) is 109 Å². The zero-order valence-corrected chi connectivity index (χ0v) is 36.6.